The summed E-state index contributed by atoms with van der Waals surface area (Å²) >= 11 is 0. The van der Waals surface area contributed by atoms with E-state index in [1.54, 1.807) is 24.3 Å². The number of amides is 2. The Labute approximate surface area is 164 Å². The Kier molecular flexibility index (Phi) is 7.33. The predicted molar refractivity (Wildman–Crippen MR) is 106 cm³/mol. The van der Waals surface area contributed by atoms with Crippen LogP contribution in [0.15, 0.2) is 42.5 Å². The van der Waals surface area contributed by atoms with Crippen LogP contribution in [0.3, 0.4) is 0 Å². The SMILES string of the molecule is Cc1ccc(C(=O)NCC2CCCN2)cc1NC(=O)c1ccccc1F.Cl. The van der Waals surface area contributed by atoms with Crippen LogP contribution in [0, 0.1) is 12.7 Å². The van der Waals surface area contributed by atoms with E-state index in [1.165, 1.54) is 18.2 Å². The molecule has 2 amide bonds. The number of halogens is 2. The third-order valence-corrected chi connectivity index (χ3v) is 4.54. The van der Waals surface area contributed by atoms with Crippen molar-refractivity contribution < 1.29 is 14.0 Å². The lowest BCUT2D eigenvalue weighted by Gasteiger charge is -2.13. The van der Waals surface area contributed by atoms with E-state index in [0.717, 1.165) is 24.9 Å². The molecule has 3 rings (SSSR count). The van der Waals surface area contributed by atoms with Gasteiger partial charge in [0.05, 0.1) is 5.56 Å². The summed E-state index contributed by atoms with van der Waals surface area (Å²) in [4.78, 5) is 24.7. The Morgan fingerprint density at radius 2 is 1.96 bits per heavy atom. The van der Waals surface area contributed by atoms with Crippen LogP contribution in [0.2, 0.25) is 0 Å². The normalized spacial score (nSPS) is 15.7. The second kappa shape index (κ2) is 9.48. The van der Waals surface area contributed by atoms with Crippen LogP contribution in [-0.4, -0.2) is 30.9 Å². The average Bonchev–Trinajstić information content (AvgIpc) is 3.15. The number of anilines is 1. The van der Waals surface area contributed by atoms with E-state index in [-0.39, 0.29) is 23.9 Å². The number of aryl methyl sites for hydroxylation is 1. The smallest absolute Gasteiger partial charge is 0.258 e. The van der Waals surface area contributed by atoms with E-state index in [4.69, 9.17) is 0 Å². The Morgan fingerprint density at radius 3 is 2.67 bits per heavy atom. The van der Waals surface area contributed by atoms with Crippen LogP contribution in [0.25, 0.3) is 0 Å². The summed E-state index contributed by atoms with van der Waals surface area (Å²) in [6.07, 6.45) is 2.18. The maximum absolute atomic E-state index is 13.8. The van der Waals surface area contributed by atoms with E-state index in [0.29, 0.717) is 23.8 Å². The fourth-order valence-corrected chi connectivity index (χ4v) is 2.98. The second-order valence-corrected chi connectivity index (χ2v) is 6.47. The second-order valence-electron chi connectivity index (χ2n) is 6.47. The molecule has 1 unspecified atom stereocenters. The summed E-state index contributed by atoms with van der Waals surface area (Å²) in [7, 11) is 0. The standard InChI is InChI=1S/C20H22FN3O2.ClH/c1-13-8-9-14(19(25)23-12-15-5-4-10-22-15)11-18(13)24-20(26)16-6-2-3-7-17(16)21;/h2-3,6-9,11,15,22H,4-5,10,12H2,1H3,(H,23,25)(H,24,26);1H. The van der Waals surface area contributed by atoms with Gasteiger partial charge < -0.3 is 16.0 Å². The summed E-state index contributed by atoms with van der Waals surface area (Å²) in [6.45, 7) is 3.38. The van der Waals surface area contributed by atoms with Crippen molar-refractivity contribution in [2.45, 2.75) is 25.8 Å². The highest BCUT2D eigenvalue weighted by molar-refractivity contribution is 6.05. The lowest BCUT2D eigenvalue weighted by Crippen LogP contribution is -2.37. The molecule has 0 saturated carbocycles. The van der Waals surface area contributed by atoms with Gasteiger partial charge in [-0.15, -0.1) is 12.4 Å². The Morgan fingerprint density at radius 1 is 1.19 bits per heavy atom. The largest absolute Gasteiger partial charge is 0.350 e. The molecule has 1 aliphatic rings. The number of carbonyl (C=O) groups is 2. The molecule has 27 heavy (non-hydrogen) atoms. The van der Waals surface area contributed by atoms with Crippen molar-refractivity contribution in [1.29, 1.82) is 0 Å². The first-order valence-corrected chi connectivity index (χ1v) is 8.72. The van der Waals surface area contributed by atoms with Crippen molar-refractivity contribution in [2.75, 3.05) is 18.4 Å². The van der Waals surface area contributed by atoms with Gasteiger partial charge in [-0.25, -0.2) is 4.39 Å². The van der Waals surface area contributed by atoms with Crippen LogP contribution in [0.1, 0.15) is 39.1 Å². The van der Waals surface area contributed by atoms with Crippen LogP contribution in [0.5, 0.6) is 0 Å². The fourth-order valence-electron chi connectivity index (χ4n) is 2.98. The van der Waals surface area contributed by atoms with Crippen molar-refractivity contribution in [2.24, 2.45) is 0 Å². The van der Waals surface area contributed by atoms with E-state index < -0.39 is 11.7 Å². The number of carbonyl (C=O) groups excluding carboxylic acids is 2. The summed E-state index contributed by atoms with van der Waals surface area (Å²) < 4.78 is 13.8. The van der Waals surface area contributed by atoms with E-state index in [9.17, 15) is 14.0 Å². The molecule has 5 nitrogen and oxygen atoms in total. The van der Waals surface area contributed by atoms with Gasteiger partial charge in [0.15, 0.2) is 0 Å². The molecule has 0 aromatic heterocycles. The number of benzene rings is 2. The van der Waals surface area contributed by atoms with E-state index in [2.05, 4.69) is 16.0 Å². The fraction of sp³-hybridized carbons (Fsp3) is 0.300. The van der Waals surface area contributed by atoms with Crippen molar-refractivity contribution in [3.8, 4) is 0 Å². The highest BCUT2D eigenvalue weighted by Gasteiger charge is 2.17. The van der Waals surface area contributed by atoms with E-state index in [1.807, 2.05) is 6.92 Å². The molecule has 144 valence electrons. The van der Waals surface area contributed by atoms with Crippen LogP contribution < -0.4 is 16.0 Å². The number of rotatable bonds is 5. The molecular formula is C20H23ClFN3O2. The Bertz CT molecular complexity index is 823. The summed E-state index contributed by atoms with van der Waals surface area (Å²) in [5, 5.41) is 8.92. The molecule has 3 N–H and O–H groups in total. The van der Waals surface area contributed by atoms with Gasteiger partial charge in [0.1, 0.15) is 5.82 Å². The van der Waals surface area contributed by atoms with Gasteiger partial charge in [0, 0.05) is 23.8 Å². The first-order valence-electron chi connectivity index (χ1n) is 8.72. The third kappa shape index (κ3) is 5.28. The highest BCUT2D eigenvalue weighted by atomic mass is 35.5. The molecular weight excluding hydrogens is 369 g/mol. The van der Waals surface area contributed by atoms with Crippen LogP contribution >= 0.6 is 12.4 Å². The summed E-state index contributed by atoms with van der Waals surface area (Å²) in [5.41, 5.74) is 1.71. The molecule has 2 aromatic rings. The lowest BCUT2D eigenvalue weighted by atomic mass is 10.1. The quantitative estimate of drug-likeness (QED) is 0.732. The maximum Gasteiger partial charge on any atom is 0.258 e. The molecule has 1 fully saturated rings. The van der Waals surface area contributed by atoms with Crippen molar-refractivity contribution in [3.05, 3.63) is 65.0 Å². The highest BCUT2D eigenvalue weighted by Crippen LogP contribution is 2.19. The van der Waals surface area contributed by atoms with Gasteiger partial charge in [-0.1, -0.05) is 18.2 Å². The van der Waals surface area contributed by atoms with Crippen molar-refractivity contribution >= 4 is 29.9 Å². The molecule has 0 spiro atoms. The van der Waals surface area contributed by atoms with Gasteiger partial charge in [-0.3, -0.25) is 9.59 Å². The first-order chi connectivity index (χ1) is 12.5. The minimum atomic E-state index is -0.583. The maximum atomic E-state index is 13.8. The Hall–Kier alpha value is -2.44. The number of hydrogen-bond donors (Lipinski definition) is 3. The topological polar surface area (TPSA) is 70.2 Å². The molecule has 1 atom stereocenters. The zero-order valence-corrected chi connectivity index (χ0v) is 15.9. The van der Waals surface area contributed by atoms with Gasteiger partial charge in [0.2, 0.25) is 0 Å². The van der Waals surface area contributed by atoms with Crippen molar-refractivity contribution in [1.82, 2.24) is 10.6 Å². The molecule has 2 aromatic carbocycles. The monoisotopic (exact) mass is 391 g/mol. The Balaban J connectivity index is 0.00000261. The lowest BCUT2D eigenvalue weighted by molar-refractivity contribution is 0.0949. The van der Waals surface area contributed by atoms with Gasteiger partial charge >= 0.3 is 0 Å². The summed E-state index contributed by atoms with van der Waals surface area (Å²) in [6, 6.07) is 11.2. The average molecular weight is 392 g/mol. The molecule has 0 aliphatic carbocycles. The van der Waals surface area contributed by atoms with E-state index >= 15 is 0 Å². The van der Waals surface area contributed by atoms with Gasteiger partial charge in [-0.05, 0) is 56.1 Å². The molecule has 1 saturated heterocycles. The molecule has 0 radical (unpaired) electrons. The molecule has 1 aliphatic heterocycles. The molecule has 0 bridgehead atoms. The predicted octanol–water partition coefficient (Wildman–Crippen LogP) is 3.29. The minimum absolute atomic E-state index is 0. The van der Waals surface area contributed by atoms with Crippen molar-refractivity contribution in [3.63, 3.8) is 0 Å². The number of hydrogen-bond acceptors (Lipinski definition) is 3. The summed E-state index contributed by atoms with van der Waals surface area (Å²) in [5.74, 6) is -1.32. The molecule has 1 heterocycles. The van der Waals surface area contributed by atoms with Gasteiger partial charge in [-0.2, -0.15) is 0 Å². The zero-order chi connectivity index (χ0) is 18.5. The van der Waals surface area contributed by atoms with Crippen LogP contribution in [-0.2, 0) is 0 Å². The van der Waals surface area contributed by atoms with Gasteiger partial charge in [0.25, 0.3) is 11.8 Å². The first kappa shape index (κ1) is 20.9. The minimum Gasteiger partial charge on any atom is -0.350 e. The van der Waals surface area contributed by atoms with Crippen LogP contribution in [0.4, 0.5) is 10.1 Å². The zero-order valence-electron chi connectivity index (χ0n) is 15.0. The third-order valence-electron chi connectivity index (χ3n) is 4.54. The molecule has 7 heteroatoms. The number of nitrogens with one attached hydrogen (secondary N) is 3.